The third-order valence-electron chi connectivity index (χ3n) is 10.4. The van der Waals surface area contributed by atoms with E-state index in [-0.39, 0.29) is 23.6 Å². The van der Waals surface area contributed by atoms with E-state index in [0.29, 0.717) is 47.3 Å². The molecule has 29 heavy (non-hydrogen) atoms. The van der Waals surface area contributed by atoms with Gasteiger partial charge in [0, 0.05) is 6.42 Å². The summed E-state index contributed by atoms with van der Waals surface area (Å²) in [6, 6.07) is 0. The minimum absolute atomic E-state index is 0.0959. The van der Waals surface area contributed by atoms with Crippen molar-refractivity contribution in [1.82, 2.24) is 0 Å². The Balaban J connectivity index is 1.53. The molecular formula is C25H42O4. The van der Waals surface area contributed by atoms with Crippen LogP contribution < -0.4 is 0 Å². The summed E-state index contributed by atoms with van der Waals surface area (Å²) in [5.41, 5.74) is 0.577. The van der Waals surface area contributed by atoms with Crippen LogP contribution in [0, 0.1) is 46.3 Å². The Morgan fingerprint density at radius 3 is 2.45 bits per heavy atom. The maximum Gasteiger partial charge on any atom is 0.305 e. The van der Waals surface area contributed by atoms with E-state index < -0.39 is 0 Å². The average Bonchev–Trinajstić information content (AvgIpc) is 3.04. The van der Waals surface area contributed by atoms with Crippen molar-refractivity contribution in [2.75, 3.05) is 7.11 Å². The van der Waals surface area contributed by atoms with E-state index in [1.807, 2.05) is 0 Å². The smallest absolute Gasteiger partial charge is 0.305 e. The molecule has 4 aliphatic rings. The quantitative estimate of drug-likeness (QED) is 0.671. The second-order valence-corrected chi connectivity index (χ2v) is 11.5. The third kappa shape index (κ3) is 3.46. The van der Waals surface area contributed by atoms with Crippen molar-refractivity contribution in [3.8, 4) is 0 Å². The van der Waals surface area contributed by atoms with Crippen molar-refractivity contribution in [3.63, 3.8) is 0 Å². The van der Waals surface area contributed by atoms with Crippen molar-refractivity contribution in [2.24, 2.45) is 46.3 Å². The summed E-state index contributed by atoms with van der Waals surface area (Å²) in [6.45, 7) is 7.29. The molecule has 0 aromatic rings. The van der Waals surface area contributed by atoms with Crippen LogP contribution in [0.2, 0.25) is 0 Å². The maximum atomic E-state index is 11.6. The van der Waals surface area contributed by atoms with Crippen LogP contribution in [-0.2, 0) is 9.53 Å². The van der Waals surface area contributed by atoms with Crippen LogP contribution in [0.3, 0.4) is 0 Å². The molecule has 0 amide bonds. The summed E-state index contributed by atoms with van der Waals surface area (Å²) in [4.78, 5) is 11.6. The highest BCUT2D eigenvalue weighted by atomic mass is 16.5. The lowest BCUT2D eigenvalue weighted by Gasteiger charge is -2.62. The number of aliphatic hydroxyl groups is 2. The molecule has 0 unspecified atom stereocenters. The van der Waals surface area contributed by atoms with Crippen molar-refractivity contribution in [2.45, 2.75) is 97.2 Å². The number of ether oxygens (including phenoxy) is 1. The summed E-state index contributed by atoms with van der Waals surface area (Å²) in [6.07, 6.45) is 9.80. The Morgan fingerprint density at radius 1 is 1.03 bits per heavy atom. The predicted molar refractivity (Wildman–Crippen MR) is 113 cm³/mol. The van der Waals surface area contributed by atoms with Gasteiger partial charge in [0.2, 0.25) is 0 Å². The maximum absolute atomic E-state index is 11.6. The topological polar surface area (TPSA) is 66.8 Å². The fraction of sp³-hybridized carbons (Fsp3) is 0.960. The molecule has 4 aliphatic carbocycles. The molecule has 0 aromatic carbocycles. The van der Waals surface area contributed by atoms with E-state index in [2.05, 4.69) is 20.8 Å². The normalized spacial score (nSPS) is 50.2. The Morgan fingerprint density at radius 2 is 1.72 bits per heavy atom. The Bertz CT molecular complexity index is 620. The Hall–Kier alpha value is -0.610. The molecule has 0 heterocycles. The van der Waals surface area contributed by atoms with Gasteiger partial charge in [0.25, 0.3) is 0 Å². The average molecular weight is 407 g/mol. The molecule has 0 aromatic heterocycles. The SMILES string of the molecule is COC(=O)CC[C@@H](C)[C@H]1CC[C@H]2[C@@H]3[C@@H](O)C[C@H]4C[C@@H](O)CC[C@]4(C)[C@H]3CC[C@]12C. The summed E-state index contributed by atoms with van der Waals surface area (Å²) < 4.78 is 4.86. The van der Waals surface area contributed by atoms with Crippen LogP contribution in [-0.4, -0.2) is 35.5 Å². The lowest BCUT2D eigenvalue weighted by Crippen LogP contribution is -2.58. The highest BCUT2D eigenvalue weighted by Gasteiger charge is 2.62. The van der Waals surface area contributed by atoms with Gasteiger partial charge in [0.15, 0.2) is 0 Å². The van der Waals surface area contributed by atoms with Gasteiger partial charge in [-0.15, -0.1) is 0 Å². The summed E-state index contributed by atoms with van der Waals surface area (Å²) in [5.74, 6) is 3.17. The number of carbonyl (C=O) groups excluding carboxylic acids is 1. The van der Waals surface area contributed by atoms with Crippen LogP contribution >= 0.6 is 0 Å². The molecule has 4 nitrogen and oxygen atoms in total. The van der Waals surface area contributed by atoms with Gasteiger partial charge in [-0.3, -0.25) is 4.79 Å². The van der Waals surface area contributed by atoms with Crippen LogP contribution in [0.5, 0.6) is 0 Å². The molecule has 4 rings (SSSR count). The van der Waals surface area contributed by atoms with E-state index in [1.165, 1.54) is 32.8 Å². The van der Waals surface area contributed by atoms with Crippen molar-refractivity contribution in [3.05, 3.63) is 0 Å². The van der Waals surface area contributed by atoms with E-state index >= 15 is 0 Å². The number of carbonyl (C=O) groups is 1. The van der Waals surface area contributed by atoms with Crippen molar-refractivity contribution in [1.29, 1.82) is 0 Å². The van der Waals surface area contributed by atoms with Gasteiger partial charge in [-0.2, -0.15) is 0 Å². The van der Waals surface area contributed by atoms with Crippen LogP contribution in [0.25, 0.3) is 0 Å². The number of fused-ring (bicyclic) bond motifs is 5. The molecule has 2 N–H and O–H groups in total. The zero-order valence-corrected chi connectivity index (χ0v) is 18.9. The molecule has 4 fully saturated rings. The van der Waals surface area contributed by atoms with Gasteiger partial charge < -0.3 is 14.9 Å². The molecule has 0 spiro atoms. The lowest BCUT2D eigenvalue weighted by atomic mass is 9.43. The van der Waals surface area contributed by atoms with Crippen LogP contribution in [0.4, 0.5) is 0 Å². The predicted octanol–water partition coefficient (Wildman–Crippen LogP) is 4.57. The highest BCUT2D eigenvalue weighted by molar-refractivity contribution is 5.69. The standard InChI is InChI=1S/C25H42O4/c1-15(5-8-22(28)29-4)18-6-7-19-23-20(10-12-25(18,19)3)24(2)11-9-17(26)13-16(24)14-21(23)27/h15-21,23,26-27H,5-14H2,1-4H3/t15-,16-,17+,18-,19+,20+,21+,23+,24+,25-/m1/s1. The van der Waals surface area contributed by atoms with E-state index in [4.69, 9.17) is 4.74 Å². The molecule has 166 valence electrons. The number of esters is 1. The largest absolute Gasteiger partial charge is 0.469 e. The fourth-order valence-corrected chi connectivity index (χ4v) is 8.82. The molecule has 10 atom stereocenters. The highest BCUT2D eigenvalue weighted by Crippen LogP contribution is 2.68. The molecule has 0 bridgehead atoms. The van der Waals surface area contributed by atoms with Gasteiger partial charge >= 0.3 is 5.97 Å². The number of aliphatic hydroxyl groups excluding tert-OH is 2. The summed E-state index contributed by atoms with van der Waals surface area (Å²) in [5, 5.41) is 21.5. The summed E-state index contributed by atoms with van der Waals surface area (Å²) >= 11 is 0. The second-order valence-electron chi connectivity index (χ2n) is 11.5. The second kappa shape index (κ2) is 7.82. The van der Waals surface area contributed by atoms with Crippen molar-refractivity contribution >= 4 is 5.97 Å². The van der Waals surface area contributed by atoms with Crippen molar-refractivity contribution < 1.29 is 19.7 Å². The molecular weight excluding hydrogens is 364 g/mol. The number of hydrogen-bond donors (Lipinski definition) is 2. The number of methoxy groups -OCH3 is 1. The first kappa shape index (κ1) is 21.6. The third-order valence-corrected chi connectivity index (χ3v) is 10.4. The fourth-order valence-electron chi connectivity index (χ4n) is 8.82. The zero-order valence-electron chi connectivity index (χ0n) is 18.9. The van der Waals surface area contributed by atoms with Gasteiger partial charge in [-0.1, -0.05) is 20.8 Å². The van der Waals surface area contributed by atoms with Crippen LogP contribution in [0.1, 0.15) is 85.0 Å². The van der Waals surface area contributed by atoms with Gasteiger partial charge in [-0.25, -0.2) is 0 Å². The molecule has 4 saturated carbocycles. The minimum Gasteiger partial charge on any atom is -0.469 e. The molecule has 0 aliphatic heterocycles. The van der Waals surface area contributed by atoms with Gasteiger partial charge in [0.1, 0.15) is 0 Å². The Kier molecular flexibility index (Phi) is 5.83. The van der Waals surface area contributed by atoms with E-state index in [9.17, 15) is 15.0 Å². The lowest BCUT2D eigenvalue weighted by molar-refractivity contribution is -0.174. The molecule has 4 heteroatoms. The minimum atomic E-state index is -0.211. The number of hydrogen-bond acceptors (Lipinski definition) is 4. The zero-order chi connectivity index (χ0) is 21.0. The summed E-state index contributed by atoms with van der Waals surface area (Å²) in [7, 11) is 1.48. The molecule has 0 saturated heterocycles. The molecule has 0 radical (unpaired) electrons. The first-order valence-corrected chi connectivity index (χ1v) is 12.1. The van der Waals surface area contributed by atoms with E-state index in [1.54, 1.807) is 0 Å². The number of rotatable bonds is 4. The Labute approximate surface area is 176 Å². The van der Waals surface area contributed by atoms with Crippen LogP contribution in [0.15, 0.2) is 0 Å². The van der Waals surface area contributed by atoms with Gasteiger partial charge in [0.05, 0.1) is 19.3 Å². The monoisotopic (exact) mass is 406 g/mol. The van der Waals surface area contributed by atoms with Gasteiger partial charge in [-0.05, 0) is 104 Å². The first-order chi connectivity index (χ1) is 13.7. The van der Waals surface area contributed by atoms with E-state index in [0.717, 1.165) is 32.1 Å². The first-order valence-electron chi connectivity index (χ1n) is 12.1.